The normalized spacial score (nSPS) is 16.1. The van der Waals surface area contributed by atoms with Crippen molar-refractivity contribution >= 4 is 16.6 Å². The van der Waals surface area contributed by atoms with E-state index in [-0.39, 0.29) is 0 Å². The third-order valence-corrected chi connectivity index (χ3v) is 14.5. The van der Waals surface area contributed by atoms with Gasteiger partial charge in [0.1, 0.15) is 0 Å². The first-order chi connectivity index (χ1) is 9.10. The molecule has 0 aromatic rings. The fourth-order valence-corrected chi connectivity index (χ4v) is 3.58. The molecule has 0 saturated carbocycles. The topological polar surface area (TPSA) is 18.5 Å². The molecule has 1 unspecified atom stereocenters. The minimum atomic E-state index is -1.61. The average molecular weight is 333 g/mol. The van der Waals surface area contributed by atoms with Gasteiger partial charge in [-0.25, -0.2) is 0 Å². The maximum Gasteiger partial charge on any atom is 0.191 e. The highest BCUT2D eigenvalue weighted by Crippen LogP contribution is 2.38. The molecule has 4 heteroatoms. The summed E-state index contributed by atoms with van der Waals surface area (Å²) in [5, 5.41) is 0.595. The van der Waals surface area contributed by atoms with Crippen LogP contribution in [0.3, 0.4) is 0 Å². The van der Waals surface area contributed by atoms with Crippen molar-refractivity contribution in [1.29, 1.82) is 0 Å². The number of hydrogen-bond donors (Lipinski definition) is 0. The van der Waals surface area contributed by atoms with Crippen LogP contribution in [0.5, 0.6) is 0 Å². The van der Waals surface area contributed by atoms with Gasteiger partial charge in [-0.15, -0.1) is 0 Å². The Labute approximate surface area is 136 Å². The standard InChI is InChI=1S/C17H40O2Si2/c1-15(14-19-21(10,11)17(5,6)7)12-13-18-20(8,9)16(2,3)4/h15H,12-14H2,1-11H3. The second-order valence-electron chi connectivity index (χ2n) is 9.57. The van der Waals surface area contributed by atoms with Gasteiger partial charge in [-0.1, -0.05) is 48.5 Å². The highest BCUT2D eigenvalue weighted by atomic mass is 28.4. The highest BCUT2D eigenvalue weighted by molar-refractivity contribution is 6.74. The van der Waals surface area contributed by atoms with Gasteiger partial charge in [0.2, 0.25) is 0 Å². The minimum Gasteiger partial charge on any atom is -0.417 e. The molecule has 0 aliphatic heterocycles. The predicted molar refractivity (Wildman–Crippen MR) is 100 cm³/mol. The van der Waals surface area contributed by atoms with Crippen LogP contribution in [0.2, 0.25) is 36.3 Å². The van der Waals surface area contributed by atoms with Crippen molar-refractivity contribution in [2.24, 2.45) is 5.92 Å². The molecule has 0 N–H and O–H groups in total. The van der Waals surface area contributed by atoms with Gasteiger partial charge in [0.25, 0.3) is 0 Å². The fourth-order valence-electron chi connectivity index (χ4n) is 1.38. The summed E-state index contributed by atoms with van der Waals surface area (Å²) in [6.07, 6.45) is 1.10. The van der Waals surface area contributed by atoms with E-state index in [1.807, 2.05) is 0 Å². The quantitative estimate of drug-likeness (QED) is 0.528. The average Bonchev–Trinajstić information content (AvgIpc) is 2.23. The Morgan fingerprint density at radius 1 is 0.762 bits per heavy atom. The van der Waals surface area contributed by atoms with E-state index in [4.69, 9.17) is 8.85 Å². The summed E-state index contributed by atoms with van der Waals surface area (Å²) < 4.78 is 12.6. The smallest absolute Gasteiger partial charge is 0.191 e. The van der Waals surface area contributed by atoms with E-state index in [1.54, 1.807) is 0 Å². The summed E-state index contributed by atoms with van der Waals surface area (Å²) in [5.41, 5.74) is 0. The van der Waals surface area contributed by atoms with Crippen LogP contribution in [0, 0.1) is 5.92 Å². The van der Waals surface area contributed by atoms with E-state index in [1.165, 1.54) is 0 Å². The highest BCUT2D eigenvalue weighted by Gasteiger charge is 2.38. The largest absolute Gasteiger partial charge is 0.417 e. The summed E-state index contributed by atoms with van der Waals surface area (Å²) >= 11 is 0. The van der Waals surface area contributed by atoms with Crippen molar-refractivity contribution in [1.82, 2.24) is 0 Å². The Morgan fingerprint density at radius 2 is 1.14 bits per heavy atom. The van der Waals surface area contributed by atoms with Crippen molar-refractivity contribution < 1.29 is 8.85 Å². The second kappa shape index (κ2) is 7.28. The van der Waals surface area contributed by atoms with Gasteiger partial charge in [0, 0.05) is 13.2 Å². The van der Waals surface area contributed by atoms with Crippen LogP contribution >= 0.6 is 0 Å². The van der Waals surface area contributed by atoms with Crippen molar-refractivity contribution in [2.45, 2.75) is 91.2 Å². The van der Waals surface area contributed by atoms with Crippen molar-refractivity contribution in [3.63, 3.8) is 0 Å². The molecule has 0 spiro atoms. The first kappa shape index (κ1) is 21.4. The van der Waals surface area contributed by atoms with E-state index in [0.717, 1.165) is 19.6 Å². The Morgan fingerprint density at radius 3 is 1.52 bits per heavy atom. The molecule has 1 atom stereocenters. The molecule has 0 aromatic carbocycles. The molecular formula is C17H40O2Si2. The molecule has 0 aliphatic rings. The predicted octanol–water partition coefficient (Wildman–Crippen LogP) is 6.06. The molecule has 0 radical (unpaired) electrons. The van der Waals surface area contributed by atoms with Gasteiger partial charge in [0.05, 0.1) is 0 Å². The molecular weight excluding hydrogens is 292 g/mol. The Hall–Kier alpha value is 0.354. The van der Waals surface area contributed by atoms with Gasteiger partial charge >= 0.3 is 0 Å². The van der Waals surface area contributed by atoms with E-state index in [0.29, 0.717) is 16.0 Å². The molecule has 0 aromatic heterocycles. The molecule has 21 heavy (non-hydrogen) atoms. The molecule has 0 rings (SSSR count). The lowest BCUT2D eigenvalue weighted by Gasteiger charge is -2.38. The lowest BCUT2D eigenvalue weighted by molar-refractivity contribution is 0.197. The van der Waals surface area contributed by atoms with E-state index < -0.39 is 16.6 Å². The summed E-state index contributed by atoms with van der Waals surface area (Å²) in [6.45, 7) is 27.1. The molecule has 0 fully saturated rings. The molecule has 0 aliphatic carbocycles. The van der Waals surface area contributed by atoms with Crippen LogP contribution < -0.4 is 0 Å². The van der Waals surface area contributed by atoms with E-state index in [2.05, 4.69) is 74.7 Å². The summed E-state index contributed by atoms with van der Waals surface area (Å²) in [5.74, 6) is 0.573. The maximum atomic E-state index is 6.30. The molecule has 0 heterocycles. The monoisotopic (exact) mass is 332 g/mol. The molecule has 2 nitrogen and oxygen atoms in total. The third-order valence-electron chi connectivity index (χ3n) is 5.41. The van der Waals surface area contributed by atoms with Crippen LogP contribution in [0.25, 0.3) is 0 Å². The summed E-state index contributed by atoms with van der Waals surface area (Å²) in [4.78, 5) is 0. The molecule has 128 valence electrons. The zero-order valence-corrected chi connectivity index (χ0v) is 18.5. The van der Waals surface area contributed by atoms with Crippen LogP contribution in [0.4, 0.5) is 0 Å². The van der Waals surface area contributed by atoms with Gasteiger partial charge in [0.15, 0.2) is 16.6 Å². The molecule has 0 saturated heterocycles. The van der Waals surface area contributed by atoms with Crippen LogP contribution in [0.15, 0.2) is 0 Å². The third kappa shape index (κ3) is 6.97. The zero-order valence-electron chi connectivity index (χ0n) is 16.5. The van der Waals surface area contributed by atoms with Crippen LogP contribution in [0.1, 0.15) is 54.9 Å². The summed E-state index contributed by atoms with van der Waals surface area (Å²) in [6, 6.07) is 0. The van der Waals surface area contributed by atoms with Crippen LogP contribution in [-0.4, -0.2) is 29.8 Å². The van der Waals surface area contributed by atoms with Gasteiger partial charge in [-0.2, -0.15) is 0 Å². The Kier molecular flexibility index (Phi) is 7.41. The van der Waals surface area contributed by atoms with Crippen molar-refractivity contribution in [2.75, 3.05) is 13.2 Å². The molecule has 0 bridgehead atoms. The minimum absolute atomic E-state index is 0.296. The SMILES string of the molecule is CC(CCO[Si](C)(C)C(C)(C)C)CO[Si](C)(C)C(C)(C)C. The fraction of sp³-hybridized carbons (Fsp3) is 1.00. The first-order valence-corrected chi connectivity index (χ1v) is 14.2. The van der Waals surface area contributed by atoms with E-state index in [9.17, 15) is 0 Å². The number of rotatable bonds is 7. The Bertz CT molecular complexity index is 312. The maximum absolute atomic E-state index is 6.30. The lowest BCUT2D eigenvalue weighted by atomic mass is 10.1. The lowest BCUT2D eigenvalue weighted by Crippen LogP contribution is -2.42. The first-order valence-electron chi connectivity index (χ1n) is 8.38. The van der Waals surface area contributed by atoms with Gasteiger partial charge < -0.3 is 8.85 Å². The Balaban J connectivity index is 4.17. The van der Waals surface area contributed by atoms with Gasteiger partial charge in [-0.05, 0) is 48.6 Å². The molecule has 0 amide bonds. The van der Waals surface area contributed by atoms with Crippen molar-refractivity contribution in [3.8, 4) is 0 Å². The zero-order chi connectivity index (χ0) is 17.1. The van der Waals surface area contributed by atoms with Crippen molar-refractivity contribution in [3.05, 3.63) is 0 Å². The van der Waals surface area contributed by atoms with Gasteiger partial charge in [-0.3, -0.25) is 0 Å². The van der Waals surface area contributed by atoms with E-state index >= 15 is 0 Å². The van der Waals surface area contributed by atoms with Crippen LogP contribution in [-0.2, 0) is 8.85 Å². The number of hydrogen-bond acceptors (Lipinski definition) is 2. The summed E-state index contributed by atoms with van der Waals surface area (Å²) in [7, 11) is -3.20. The second-order valence-corrected chi connectivity index (χ2v) is 19.2.